The molecule has 1 N–H and O–H groups in total. The van der Waals surface area contributed by atoms with Crippen molar-refractivity contribution < 1.29 is 19.2 Å². The van der Waals surface area contributed by atoms with E-state index in [1.807, 2.05) is 0 Å². The van der Waals surface area contributed by atoms with E-state index >= 15 is 0 Å². The molecule has 112 valence electrons. The minimum atomic E-state index is -0.894. The lowest BCUT2D eigenvalue weighted by Gasteiger charge is -2.12. The summed E-state index contributed by atoms with van der Waals surface area (Å²) in [6.07, 6.45) is 1.44. The predicted octanol–water partition coefficient (Wildman–Crippen LogP) is 1.68. The Morgan fingerprint density at radius 1 is 1.57 bits per heavy atom. The van der Waals surface area contributed by atoms with Crippen molar-refractivity contribution in [3.63, 3.8) is 0 Å². The molecule has 0 aliphatic rings. The summed E-state index contributed by atoms with van der Waals surface area (Å²) in [5, 5.41) is 24.1. The second kappa shape index (κ2) is 6.31. The first-order chi connectivity index (χ1) is 9.95. The van der Waals surface area contributed by atoms with Crippen molar-refractivity contribution >= 4 is 5.69 Å². The van der Waals surface area contributed by atoms with Crippen LogP contribution < -0.4 is 4.74 Å². The summed E-state index contributed by atoms with van der Waals surface area (Å²) >= 11 is 0. The van der Waals surface area contributed by atoms with E-state index in [1.165, 1.54) is 29.1 Å². The molecule has 0 saturated carbocycles. The summed E-state index contributed by atoms with van der Waals surface area (Å²) in [4.78, 5) is 9.94. The number of hydrogen-bond acceptors (Lipinski definition) is 5. The zero-order chi connectivity index (χ0) is 15.4. The van der Waals surface area contributed by atoms with Gasteiger partial charge in [-0.25, -0.2) is 4.39 Å². The summed E-state index contributed by atoms with van der Waals surface area (Å²) in [5.41, 5.74) is 0.307. The highest BCUT2D eigenvalue weighted by molar-refractivity contribution is 5.28. The minimum Gasteiger partial charge on any atom is -0.491 e. The van der Waals surface area contributed by atoms with E-state index in [0.29, 0.717) is 11.3 Å². The normalized spacial score (nSPS) is 12.1. The smallest absolute Gasteiger partial charge is 0.306 e. The van der Waals surface area contributed by atoms with E-state index in [4.69, 9.17) is 4.74 Å². The standard InChI is InChI=1S/C13H14FN3O4/c1-9-4-12(2-3-13(9)14)21-8-11(18)7-16-6-10(5-15-16)17(19)20/h2-6,11,18H,7-8H2,1H3. The first-order valence-corrected chi connectivity index (χ1v) is 6.19. The summed E-state index contributed by atoms with van der Waals surface area (Å²) in [6, 6.07) is 4.28. The molecule has 0 amide bonds. The van der Waals surface area contributed by atoms with Crippen LogP contribution in [0.5, 0.6) is 5.75 Å². The monoisotopic (exact) mass is 295 g/mol. The maximum absolute atomic E-state index is 13.1. The van der Waals surface area contributed by atoms with Crippen LogP contribution in [0.3, 0.4) is 0 Å². The highest BCUT2D eigenvalue weighted by atomic mass is 19.1. The van der Waals surface area contributed by atoms with Crippen LogP contribution in [0.4, 0.5) is 10.1 Å². The number of rotatable bonds is 6. The number of nitrogens with zero attached hydrogens (tertiary/aromatic N) is 3. The number of ether oxygens (including phenoxy) is 1. The summed E-state index contributed by atoms with van der Waals surface area (Å²) in [6.45, 7) is 1.65. The molecule has 0 aliphatic carbocycles. The Morgan fingerprint density at radius 2 is 2.33 bits per heavy atom. The van der Waals surface area contributed by atoms with Crippen molar-refractivity contribution in [3.8, 4) is 5.75 Å². The van der Waals surface area contributed by atoms with Gasteiger partial charge in [-0.15, -0.1) is 0 Å². The summed E-state index contributed by atoms with van der Waals surface area (Å²) in [5.74, 6) is 0.117. The van der Waals surface area contributed by atoms with Gasteiger partial charge in [0.25, 0.3) is 0 Å². The summed E-state index contributed by atoms with van der Waals surface area (Å²) < 4.78 is 19.7. The molecule has 7 nitrogen and oxygen atoms in total. The van der Waals surface area contributed by atoms with Gasteiger partial charge in [-0.1, -0.05) is 0 Å². The van der Waals surface area contributed by atoms with E-state index in [9.17, 15) is 19.6 Å². The molecule has 1 aromatic heterocycles. The Kier molecular flexibility index (Phi) is 4.49. The van der Waals surface area contributed by atoms with Gasteiger partial charge < -0.3 is 9.84 Å². The van der Waals surface area contributed by atoms with Crippen LogP contribution >= 0.6 is 0 Å². The zero-order valence-corrected chi connectivity index (χ0v) is 11.3. The van der Waals surface area contributed by atoms with E-state index in [1.54, 1.807) is 6.92 Å². The topological polar surface area (TPSA) is 90.4 Å². The van der Waals surface area contributed by atoms with Gasteiger partial charge in [0.2, 0.25) is 0 Å². The Bertz CT molecular complexity index is 644. The Balaban J connectivity index is 1.87. The molecule has 0 bridgehead atoms. The predicted molar refractivity (Wildman–Crippen MR) is 71.5 cm³/mol. The van der Waals surface area contributed by atoms with E-state index < -0.39 is 11.0 Å². The molecule has 21 heavy (non-hydrogen) atoms. The number of hydrogen-bond donors (Lipinski definition) is 1. The molecular formula is C13H14FN3O4. The van der Waals surface area contributed by atoms with Crippen LogP contribution in [0.2, 0.25) is 0 Å². The zero-order valence-electron chi connectivity index (χ0n) is 11.3. The van der Waals surface area contributed by atoms with Crippen LogP contribution in [0.25, 0.3) is 0 Å². The lowest BCUT2D eigenvalue weighted by Crippen LogP contribution is -2.23. The average molecular weight is 295 g/mol. The third kappa shape index (κ3) is 3.99. The molecule has 0 aliphatic heterocycles. The minimum absolute atomic E-state index is 0.0290. The lowest BCUT2D eigenvalue weighted by molar-refractivity contribution is -0.385. The number of halogens is 1. The van der Waals surface area contributed by atoms with Crippen molar-refractivity contribution in [2.24, 2.45) is 0 Å². The molecule has 0 fully saturated rings. The molecule has 1 heterocycles. The van der Waals surface area contributed by atoms with Crippen molar-refractivity contribution in [2.45, 2.75) is 19.6 Å². The number of aromatic nitrogens is 2. The highest BCUT2D eigenvalue weighted by Crippen LogP contribution is 2.16. The number of aryl methyl sites for hydroxylation is 1. The number of benzene rings is 1. The maximum atomic E-state index is 13.1. The summed E-state index contributed by atoms with van der Waals surface area (Å²) in [7, 11) is 0. The Labute approximate surface area is 119 Å². The van der Waals surface area contributed by atoms with Crippen LogP contribution in [-0.4, -0.2) is 32.5 Å². The molecule has 2 rings (SSSR count). The van der Waals surface area contributed by atoms with Crippen LogP contribution in [0, 0.1) is 22.9 Å². The fourth-order valence-electron chi connectivity index (χ4n) is 1.71. The average Bonchev–Trinajstić information content (AvgIpc) is 2.89. The Hall–Kier alpha value is -2.48. The second-order valence-corrected chi connectivity index (χ2v) is 4.55. The van der Waals surface area contributed by atoms with Gasteiger partial charge in [0, 0.05) is 0 Å². The van der Waals surface area contributed by atoms with E-state index in [0.717, 1.165) is 6.20 Å². The molecular weight excluding hydrogens is 281 g/mol. The highest BCUT2D eigenvalue weighted by Gasteiger charge is 2.12. The van der Waals surface area contributed by atoms with Gasteiger partial charge in [-0.2, -0.15) is 5.10 Å². The van der Waals surface area contributed by atoms with Gasteiger partial charge in [0.05, 0.1) is 11.5 Å². The van der Waals surface area contributed by atoms with Crippen LogP contribution in [-0.2, 0) is 6.54 Å². The first-order valence-electron chi connectivity index (χ1n) is 6.19. The molecule has 1 unspecified atom stereocenters. The molecule has 1 aromatic carbocycles. The molecule has 0 radical (unpaired) electrons. The van der Waals surface area contributed by atoms with Gasteiger partial charge >= 0.3 is 5.69 Å². The quantitative estimate of drug-likeness (QED) is 0.646. The Morgan fingerprint density at radius 3 is 2.95 bits per heavy atom. The van der Waals surface area contributed by atoms with Crippen molar-refractivity contribution in [1.82, 2.24) is 9.78 Å². The molecule has 0 saturated heterocycles. The van der Waals surface area contributed by atoms with Crippen LogP contribution in [0.15, 0.2) is 30.6 Å². The molecule has 2 aromatic rings. The number of aliphatic hydroxyl groups excluding tert-OH is 1. The SMILES string of the molecule is Cc1cc(OCC(O)Cn2cc([N+](=O)[O-])cn2)ccc1F. The third-order valence-electron chi connectivity index (χ3n) is 2.80. The maximum Gasteiger partial charge on any atom is 0.306 e. The van der Waals surface area contributed by atoms with Gasteiger partial charge in [-0.05, 0) is 30.7 Å². The first kappa shape index (κ1) is 14.9. The van der Waals surface area contributed by atoms with Crippen molar-refractivity contribution in [1.29, 1.82) is 0 Å². The fraction of sp³-hybridized carbons (Fsp3) is 0.308. The number of nitro groups is 1. The van der Waals surface area contributed by atoms with Crippen molar-refractivity contribution in [3.05, 3.63) is 52.1 Å². The third-order valence-corrected chi connectivity index (χ3v) is 2.80. The van der Waals surface area contributed by atoms with Crippen molar-refractivity contribution in [2.75, 3.05) is 6.61 Å². The second-order valence-electron chi connectivity index (χ2n) is 4.55. The fourth-order valence-corrected chi connectivity index (χ4v) is 1.71. The van der Waals surface area contributed by atoms with Gasteiger partial charge in [0.1, 0.15) is 36.7 Å². The molecule has 0 spiro atoms. The van der Waals surface area contributed by atoms with Crippen LogP contribution in [0.1, 0.15) is 5.56 Å². The van der Waals surface area contributed by atoms with E-state index in [-0.39, 0.29) is 24.7 Å². The van der Waals surface area contributed by atoms with Gasteiger partial charge in [0.15, 0.2) is 0 Å². The van der Waals surface area contributed by atoms with E-state index in [2.05, 4.69) is 5.10 Å². The number of aliphatic hydroxyl groups is 1. The molecule has 8 heteroatoms. The lowest BCUT2D eigenvalue weighted by atomic mass is 10.2. The molecule has 1 atom stereocenters. The largest absolute Gasteiger partial charge is 0.491 e. The van der Waals surface area contributed by atoms with Gasteiger partial charge in [-0.3, -0.25) is 14.8 Å².